The van der Waals surface area contributed by atoms with Gasteiger partial charge in [-0.2, -0.15) is 0 Å². The number of carbonyl (C=O) groups excluding carboxylic acids is 3. The molecule has 0 unspecified atom stereocenters. The summed E-state index contributed by atoms with van der Waals surface area (Å²) in [6.07, 6.45) is 0. The summed E-state index contributed by atoms with van der Waals surface area (Å²) in [6, 6.07) is 13.5. The van der Waals surface area contributed by atoms with Gasteiger partial charge < -0.3 is 15.4 Å². The summed E-state index contributed by atoms with van der Waals surface area (Å²) in [5, 5.41) is 5.29. The Bertz CT molecular complexity index is 786. The van der Waals surface area contributed by atoms with E-state index < -0.39 is 18.5 Å². The van der Waals surface area contributed by atoms with Crippen LogP contribution in [0.15, 0.2) is 48.5 Å². The first-order valence-electron chi connectivity index (χ1n) is 7.91. The molecule has 0 aliphatic rings. The highest BCUT2D eigenvalue weighted by Gasteiger charge is 2.11. The molecule has 0 saturated carbocycles. The van der Waals surface area contributed by atoms with E-state index in [9.17, 15) is 14.4 Å². The predicted molar refractivity (Wildman–Crippen MR) is 94.5 cm³/mol. The number of aryl methyl sites for hydroxylation is 1. The minimum absolute atomic E-state index is 0.218. The van der Waals surface area contributed by atoms with Crippen LogP contribution in [0.1, 0.15) is 33.2 Å². The van der Waals surface area contributed by atoms with E-state index >= 15 is 0 Å². The summed E-state index contributed by atoms with van der Waals surface area (Å²) in [6.45, 7) is 3.81. The second-order valence-corrected chi connectivity index (χ2v) is 5.43. The van der Waals surface area contributed by atoms with Gasteiger partial charge in [-0.25, -0.2) is 4.79 Å². The first kappa shape index (κ1) is 18.2. The van der Waals surface area contributed by atoms with Crippen molar-refractivity contribution in [2.24, 2.45) is 0 Å². The number of anilines is 1. The molecule has 130 valence electrons. The molecule has 0 fully saturated rings. The van der Waals surface area contributed by atoms with Gasteiger partial charge in [0.2, 0.25) is 0 Å². The largest absolute Gasteiger partial charge is 0.452 e. The molecule has 25 heavy (non-hydrogen) atoms. The first-order chi connectivity index (χ1) is 12.0. The van der Waals surface area contributed by atoms with E-state index in [2.05, 4.69) is 10.6 Å². The number of amides is 2. The zero-order valence-corrected chi connectivity index (χ0v) is 14.2. The third-order valence-corrected chi connectivity index (χ3v) is 3.33. The van der Waals surface area contributed by atoms with Crippen molar-refractivity contribution in [1.82, 2.24) is 5.32 Å². The van der Waals surface area contributed by atoms with Gasteiger partial charge in [-0.1, -0.05) is 23.8 Å². The molecular weight excluding hydrogens is 320 g/mol. The maximum atomic E-state index is 11.9. The quantitative estimate of drug-likeness (QED) is 0.792. The first-order valence-corrected chi connectivity index (χ1v) is 7.91. The van der Waals surface area contributed by atoms with Crippen LogP contribution in [0.4, 0.5) is 5.69 Å². The molecule has 0 heterocycles. The van der Waals surface area contributed by atoms with E-state index in [1.807, 2.05) is 19.9 Å². The van der Waals surface area contributed by atoms with E-state index in [1.54, 1.807) is 42.5 Å². The minimum atomic E-state index is -0.560. The molecule has 2 N–H and O–H groups in total. The Morgan fingerprint density at radius 2 is 1.72 bits per heavy atom. The van der Waals surface area contributed by atoms with Crippen LogP contribution in [0, 0.1) is 6.92 Å². The van der Waals surface area contributed by atoms with Crippen molar-refractivity contribution in [3.05, 3.63) is 65.2 Å². The molecule has 2 aromatic carbocycles. The molecule has 2 amide bonds. The molecular formula is C19H20N2O4. The average Bonchev–Trinajstić information content (AvgIpc) is 2.60. The Balaban J connectivity index is 1.91. The summed E-state index contributed by atoms with van der Waals surface area (Å²) >= 11 is 0. The van der Waals surface area contributed by atoms with Crippen LogP contribution in [0.5, 0.6) is 0 Å². The average molecular weight is 340 g/mol. The number of ether oxygens (including phenoxy) is 1. The van der Waals surface area contributed by atoms with Gasteiger partial charge in [0.05, 0.1) is 5.56 Å². The molecule has 0 aliphatic carbocycles. The maximum Gasteiger partial charge on any atom is 0.338 e. The number of rotatable bonds is 6. The number of carbonyl (C=O) groups is 3. The zero-order valence-electron chi connectivity index (χ0n) is 14.2. The van der Waals surface area contributed by atoms with Crippen LogP contribution < -0.4 is 10.6 Å². The summed E-state index contributed by atoms with van der Waals surface area (Å²) in [7, 11) is 0. The maximum absolute atomic E-state index is 11.9. The highest BCUT2D eigenvalue weighted by atomic mass is 16.5. The molecule has 2 rings (SSSR count). The second-order valence-electron chi connectivity index (χ2n) is 5.43. The zero-order chi connectivity index (χ0) is 18.2. The fourth-order valence-electron chi connectivity index (χ4n) is 2.18. The SMILES string of the molecule is CCNC(=O)c1cccc(NC(=O)COC(=O)c2cccc(C)c2)c1. The van der Waals surface area contributed by atoms with E-state index in [0.29, 0.717) is 23.4 Å². The summed E-state index contributed by atoms with van der Waals surface area (Å²) < 4.78 is 5.00. The Labute approximate surface area is 146 Å². The molecule has 0 saturated heterocycles. The van der Waals surface area contributed by atoms with Crippen molar-refractivity contribution in [2.45, 2.75) is 13.8 Å². The molecule has 0 atom stereocenters. The standard InChI is InChI=1S/C19H20N2O4/c1-3-20-18(23)14-7-5-9-16(11-14)21-17(22)12-25-19(24)15-8-4-6-13(2)10-15/h4-11H,3,12H2,1-2H3,(H,20,23)(H,21,22). The normalized spacial score (nSPS) is 10.0. The number of esters is 1. The molecule has 0 aromatic heterocycles. The third kappa shape index (κ3) is 5.46. The number of hydrogen-bond acceptors (Lipinski definition) is 4. The van der Waals surface area contributed by atoms with Gasteiger partial charge in [0, 0.05) is 17.8 Å². The lowest BCUT2D eigenvalue weighted by Crippen LogP contribution is -2.23. The summed E-state index contributed by atoms with van der Waals surface area (Å²) in [4.78, 5) is 35.6. The van der Waals surface area contributed by atoms with E-state index in [1.165, 1.54) is 0 Å². The number of hydrogen-bond donors (Lipinski definition) is 2. The smallest absolute Gasteiger partial charge is 0.338 e. The molecule has 0 bridgehead atoms. The van der Waals surface area contributed by atoms with Crippen molar-refractivity contribution in [3.63, 3.8) is 0 Å². The predicted octanol–water partition coefficient (Wildman–Crippen LogP) is 2.54. The van der Waals surface area contributed by atoms with Crippen LogP contribution in [0.2, 0.25) is 0 Å². The fraction of sp³-hybridized carbons (Fsp3) is 0.211. The van der Waals surface area contributed by atoms with Gasteiger partial charge in [0.15, 0.2) is 6.61 Å². The Kier molecular flexibility index (Phi) is 6.28. The number of nitrogens with one attached hydrogen (secondary N) is 2. The molecule has 0 spiro atoms. The lowest BCUT2D eigenvalue weighted by molar-refractivity contribution is -0.119. The fourth-order valence-corrected chi connectivity index (χ4v) is 2.18. The van der Waals surface area contributed by atoms with Crippen LogP contribution in [-0.4, -0.2) is 30.9 Å². The lowest BCUT2D eigenvalue weighted by Gasteiger charge is -2.08. The Morgan fingerprint density at radius 3 is 2.44 bits per heavy atom. The highest BCUT2D eigenvalue weighted by molar-refractivity contribution is 5.98. The van der Waals surface area contributed by atoms with Crippen molar-refractivity contribution in [1.29, 1.82) is 0 Å². The molecule has 0 radical (unpaired) electrons. The number of benzene rings is 2. The van der Waals surface area contributed by atoms with Crippen LogP contribution >= 0.6 is 0 Å². The highest BCUT2D eigenvalue weighted by Crippen LogP contribution is 2.11. The van der Waals surface area contributed by atoms with Gasteiger partial charge >= 0.3 is 5.97 Å². The van der Waals surface area contributed by atoms with Crippen molar-refractivity contribution < 1.29 is 19.1 Å². The van der Waals surface area contributed by atoms with Crippen LogP contribution in [0.3, 0.4) is 0 Å². The minimum Gasteiger partial charge on any atom is -0.452 e. The molecule has 6 heteroatoms. The monoisotopic (exact) mass is 340 g/mol. The van der Waals surface area contributed by atoms with Gasteiger partial charge in [0.25, 0.3) is 11.8 Å². The van der Waals surface area contributed by atoms with E-state index in [-0.39, 0.29) is 5.91 Å². The Hall–Kier alpha value is -3.15. The summed E-state index contributed by atoms with van der Waals surface area (Å²) in [5.74, 6) is -1.26. The van der Waals surface area contributed by atoms with E-state index in [0.717, 1.165) is 5.56 Å². The Morgan fingerprint density at radius 1 is 1.00 bits per heavy atom. The van der Waals surface area contributed by atoms with Gasteiger partial charge in [-0.3, -0.25) is 9.59 Å². The van der Waals surface area contributed by atoms with Gasteiger partial charge in [-0.15, -0.1) is 0 Å². The van der Waals surface area contributed by atoms with Crippen molar-refractivity contribution in [3.8, 4) is 0 Å². The second kappa shape index (κ2) is 8.63. The summed E-state index contributed by atoms with van der Waals surface area (Å²) in [5.41, 5.74) is 2.23. The van der Waals surface area contributed by atoms with Gasteiger partial charge in [0.1, 0.15) is 0 Å². The van der Waals surface area contributed by atoms with Crippen LogP contribution in [-0.2, 0) is 9.53 Å². The topological polar surface area (TPSA) is 84.5 Å². The van der Waals surface area contributed by atoms with Crippen LogP contribution in [0.25, 0.3) is 0 Å². The molecule has 0 aliphatic heterocycles. The molecule has 2 aromatic rings. The van der Waals surface area contributed by atoms with E-state index in [4.69, 9.17) is 4.74 Å². The third-order valence-electron chi connectivity index (χ3n) is 3.33. The van der Waals surface area contributed by atoms with Gasteiger partial charge in [-0.05, 0) is 44.2 Å². The molecule has 6 nitrogen and oxygen atoms in total. The van der Waals surface area contributed by atoms with Crippen molar-refractivity contribution >= 4 is 23.5 Å². The lowest BCUT2D eigenvalue weighted by atomic mass is 10.1. The van der Waals surface area contributed by atoms with Crippen molar-refractivity contribution in [2.75, 3.05) is 18.5 Å².